The lowest BCUT2D eigenvalue weighted by Gasteiger charge is -2.12. The van der Waals surface area contributed by atoms with E-state index >= 15 is 0 Å². The number of benzene rings is 1. The lowest BCUT2D eigenvalue weighted by molar-refractivity contribution is -0.163. The van der Waals surface area contributed by atoms with Crippen LogP contribution in [-0.2, 0) is 14.3 Å². The molecule has 4 nitrogen and oxygen atoms in total. The number of esters is 1. The summed E-state index contributed by atoms with van der Waals surface area (Å²) >= 11 is 0. The predicted octanol–water partition coefficient (Wildman–Crippen LogP) is 1.51. The summed E-state index contributed by atoms with van der Waals surface area (Å²) < 4.78 is 17.1. The Hall–Kier alpha value is -1.91. The van der Waals surface area contributed by atoms with E-state index in [1.54, 1.807) is 0 Å². The molecule has 0 aliphatic heterocycles. The van der Waals surface area contributed by atoms with Gasteiger partial charge >= 0.3 is 11.9 Å². The fourth-order valence-electron chi connectivity index (χ4n) is 1.06. The number of carboxylic acids is 1. The van der Waals surface area contributed by atoms with Crippen LogP contribution in [0, 0.1) is 5.82 Å². The van der Waals surface area contributed by atoms with Gasteiger partial charge in [0.15, 0.2) is 0 Å². The van der Waals surface area contributed by atoms with Crippen LogP contribution in [0.4, 0.5) is 4.39 Å². The van der Waals surface area contributed by atoms with Gasteiger partial charge in [0.1, 0.15) is 5.82 Å². The van der Waals surface area contributed by atoms with Crippen molar-refractivity contribution in [2.45, 2.75) is 13.0 Å². The predicted molar refractivity (Wildman–Crippen MR) is 48.5 cm³/mol. The molecule has 0 fully saturated rings. The maximum atomic E-state index is 12.6. The van der Waals surface area contributed by atoms with Crippen molar-refractivity contribution < 1.29 is 23.8 Å². The molecule has 0 bridgehead atoms. The van der Waals surface area contributed by atoms with Crippen LogP contribution in [0.2, 0.25) is 0 Å². The molecular weight excluding hydrogens is 203 g/mol. The third kappa shape index (κ3) is 3.05. The first kappa shape index (κ1) is 11.2. The van der Waals surface area contributed by atoms with Crippen LogP contribution < -0.4 is 0 Å². The molecule has 15 heavy (non-hydrogen) atoms. The fourth-order valence-corrected chi connectivity index (χ4v) is 1.06. The minimum atomic E-state index is -1.39. The van der Waals surface area contributed by atoms with Gasteiger partial charge in [-0.3, -0.25) is 4.79 Å². The molecule has 0 unspecified atom stereocenters. The van der Waals surface area contributed by atoms with E-state index in [9.17, 15) is 14.0 Å². The molecule has 0 saturated carbocycles. The molecule has 0 aliphatic carbocycles. The van der Waals surface area contributed by atoms with Crippen LogP contribution in [0.5, 0.6) is 0 Å². The maximum Gasteiger partial charge on any atom is 0.349 e. The summed E-state index contributed by atoms with van der Waals surface area (Å²) in [6.45, 7) is 1.11. The lowest BCUT2D eigenvalue weighted by atomic mass is 10.1. The molecule has 0 saturated heterocycles. The molecule has 0 aliphatic rings. The Morgan fingerprint density at radius 1 is 1.33 bits per heavy atom. The topological polar surface area (TPSA) is 63.6 Å². The van der Waals surface area contributed by atoms with Crippen molar-refractivity contribution in [3.8, 4) is 0 Å². The molecule has 1 N–H and O–H groups in total. The van der Waals surface area contributed by atoms with E-state index in [0.29, 0.717) is 0 Å². The highest BCUT2D eigenvalue weighted by molar-refractivity contribution is 5.78. The highest BCUT2D eigenvalue weighted by atomic mass is 19.1. The van der Waals surface area contributed by atoms with E-state index in [0.717, 1.165) is 19.1 Å². The molecule has 5 heteroatoms. The van der Waals surface area contributed by atoms with Gasteiger partial charge < -0.3 is 9.84 Å². The number of ether oxygens (including phenoxy) is 1. The molecule has 0 radical (unpaired) electrons. The summed E-state index contributed by atoms with van der Waals surface area (Å²) in [6, 6.07) is 4.73. The second-order valence-electron chi connectivity index (χ2n) is 2.88. The molecule has 0 aromatic heterocycles. The van der Waals surface area contributed by atoms with Crippen LogP contribution in [-0.4, -0.2) is 17.0 Å². The Morgan fingerprint density at radius 2 is 1.87 bits per heavy atom. The molecule has 0 spiro atoms. The zero-order valence-electron chi connectivity index (χ0n) is 7.94. The van der Waals surface area contributed by atoms with Crippen LogP contribution in [0.1, 0.15) is 18.6 Å². The van der Waals surface area contributed by atoms with Crippen molar-refractivity contribution in [1.29, 1.82) is 0 Å². The summed E-state index contributed by atoms with van der Waals surface area (Å²) in [6.07, 6.45) is -1.39. The van der Waals surface area contributed by atoms with E-state index < -0.39 is 23.9 Å². The van der Waals surface area contributed by atoms with Crippen molar-refractivity contribution in [2.75, 3.05) is 0 Å². The molecule has 80 valence electrons. The van der Waals surface area contributed by atoms with Gasteiger partial charge in [-0.15, -0.1) is 0 Å². The fraction of sp³-hybridized carbons (Fsp3) is 0.200. The Kier molecular flexibility index (Phi) is 3.38. The lowest BCUT2D eigenvalue weighted by Crippen LogP contribution is -2.17. The largest absolute Gasteiger partial charge is 0.478 e. The number of halogens is 1. The molecule has 1 atom stereocenters. The van der Waals surface area contributed by atoms with Gasteiger partial charge in [-0.2, -0.15) is 0 Å². The average molecular weight is 212 g/mol. The molecule has 0 heterocycles. The van der Waals surface area contributed by atoms with Gasteiger partial charge in [-0.25, -0.2) is 9.18 Å². The number of carbonyl (C=O) groups is 2. The van der Waals surface area contributed by atoms with Gasteiger partial charge in [-0.05, 0) is 12.1 Å². The molecular formula is C10H9FO4. The van der Waals surface area contributed by atoms with Gasteiger partial charge in [-0.1, -0.05) is 12.1 Å². The monoisotopic (exact) mass is 212 g/mol. The Balaban J connectivity index is 2.94. The number of carboxylic acid groups (broad SMARTS) is 1. The van der Waals surface area contributed by atoms with Crippen molar-refractivity contribution in [1.82, 2.24) is 0 Å². The van der Waals surface area contributed by atoms with Gasteiger partial charge in [0.25, 0.3) is 0 Å². The van der Waals surface area contributed by atoms with E-state index in [2.05, 4.69) is 4.74 Å². The van der Waals surface area contributed by atoms with Crippen molar-refractivity contribution in [2.24, 2.45) is 0 Å². The van der Waals surface area contributed by atoms with E-state index in [1.165, 1.54) is 12.1 Å². The summed E-state index contributed by atoms with van der Waals surface area (Å²) in [5, 5.41) is 8.77. The number of carbonyl (C=O) groups excluding carboxylic acids is 1. The standard InChI is InChI=1S/C10H9FO4/c1-6(12)15-9(10(13)14)7-2-4-8(11)5-3-7/h2-5,9H,1H3,(H,13,14)/t9-/m0/s1. The molecule has 1 aromatic rings. The van der Waals surface area contributed by atoms with E-state index in [4.69, 9.17) is 5.11 Å². The maximum absolute atomic E-state index is 12.6. The zero-order valence-corrected chi connectivity index (χ0v) is 7.94. The molecule has 0 amide bonds. The summed E-state index contributed by atoms with van der Waals surface area (Å²) in [5.41, 5.74) is 0.221. The minimum Gasteiger partial charge on any atom is -0.478 e. The number of rotatable bonds is 3. The Bertz CT molecular complexity index is 372. The quantitative estimate of drug-likeness (QED) is 0.771. The first-order valence-corrected chi connectivity index (χ1v) is 4.16. The Labute approximate surface area is 85.3 Å². The van der Waals surface area contributed by atoms with Gasteiger partial charge in [0, 0.05) is 12.5 Å². The normalized spacial score (nSPS) is 11.9. The zero-order chi connectivity index (χ0) is 11.4. The van der Waals surface area contributed by atoms with E-state index in [1.807, 2.05) is 0 Å². The van der Waals surface area contributed by atoms with E-state index in [-0.39, 0.29) is 5.56 Å². The van der Waals surface area contributed by atoms with Crippen molar-refractivity contribution in [3.63, 3.8) is 0 Å². The second kappa shape index (κ2) is 4.54. The van der Waals surface area contributed by atoms with Gasteiger partial charge in [0.05, 0.1) is 0 Å². The van der Waals surface area contributed by atoms with Crippen molar-refractivity contribution >= 4 is 11.9 Å². The first-order valence-electron chi connectivity index (χ1n) is 4.16. The highest BCUT2D eigenvalue weighted by Crippen LogP contribution is 2.18. The summed E-state index contributed by atoms with van der Waals surface area (Å²) in [7, 11) is 0. The third-order valence-electron chi connectivity index (χ3n) is 1.68. The highest BCUT2D eigenvalue weighted by Gasteiger charge is 2.22. The SMILES string of the molecule is CC(=O)O[C@H](C(=O)O)c1ccc(F)cc1. The van der Waals surface area contributed by atoms with Crippen molar-refractivity contribution in [3.05, 3.63) is 35.6 Å². The van der Waals surface area contributed by atoms with Crippen LogP contribution in [0.25, 0.3) is 0 Å². The number of hydrogen-bond donors (Lipinski definition) is 1. The first-order chi connectivity index (χ1) is 7.00. The summed E-state index contributed by atoms with van der Waals surface area (Å²) in [5.74, 6) is -2.48. The van der Waals surface area contributed by atoms with Gasteiger partial charge in [0.2, 0.25) is 6.10 Å². The Morgan fingerprint density at radius 3 is 2.27 bits per heavy atom. The molecule has 1 rings (SSSR count). The average Bonchev–Trinajstić information content (AvgIpc) is 2.15. The van der Waals surface area contributed by atoms with Crippen LogP contribution in [0.15, 0.2) is 24.3 Å². The third-order valence-corrected chi connectivity index (χ3v) is 1.68. The smallest absolute Gasteiger partial charge is 0.349 e. The number of aliphatic carboxylic acids is 1. The second-order valence-corrected chi connectivity index (χ2v) is 2.88. The van der Waals surface area contributed by atoms with Crippen LogP contribution >= 0.6 is 0 Å². The molecule has 1 aromatic carbocycles. The summed E-state index contributed by atoms with van der Waals surface area (Å²) in [4.78, 5) is 21.4. The van der Waals surface area contributed by atoms with Crippen LogP contribution in [0.3, 0.4) is 0 Å². The minimum absolute atomic E-state index is 0.221. The number of hydrogen-bond acceptors (Lipinski definition) is 3.